The van der Waals surface area contributed by atoms with Gasteiger partial charge in [-0.3, -0.25) is 14.7 Å². The number of guanidine groups is 1. The van der Waals surface area contributed by atoms with Crippen LogP contribution in [-0.2, 0) is 4.79 Å². The Morgan fingerprint density at radius 1 is 1.03 bits per heavy atom. The molecule has 7 heteroatoms. The molecule has 2 saturated heterocycles. The van der Waals surface area contributed by atoms with E-state index >= 15 is 0 Å². The van der Waals surface area contributed by atoms with Crippen molar-refractivity contribution in [2.24, 2.45) is 4.99 Å². The van der Waals surface area contributed by atoms with E-state index in [0.717, 1.165) is 83.4 Å². The Morgan fingerprint density at radius 2 is 1.77 bits per heavy atom. The number of rotatable bonds is 4. The van der Waals surface area contributed by atoms with E-state index < -0.39 is 0 Å². The van der Waals surface area contributed by atoms with Gasteiger partial charge in [0.1, 0.15) is 5.75 Å². The van der Waals surface area contributed by atoms with Crippen molar-refractivity contribution in [1.29, 1.82) is 0 Å². The maximum Gasteiger partial charge on any atom is 0.236 e. The van der Waals surface area contributed by atoms with E-state index in [1.807, 2.05) is 13.1 Å². The second kappa shape index (κ2) is 10.8. The number of aliphatic imine (C=N–C) groups is 1. The molecule has 0 aromatic heterocycles. The summed E-state index contributed by atoms with van der Waals surface area (Å²) in [5.74, 6) is 2.71. The highest BCUT2D eigenvalue weighted by molar-refractivity contribution is 5.80. The average Bonchev–Trinajstić information content (AvgIpc) is 3.10. The van der Waals surface area contributed by atoms with Crippen LogP contribution < -0.4 is 10.1 Å². The summed E-state index contributed by atoms with van der Waals surface area (Å²) >= 11 is 0. The number of nitrogens with one attached hydrogen (secondary N) is 1. The summed E-state index contributed by atoms with van der Waals surface area (Å²) < 4.78 is 5.79. The van der Waals surface area contributed by atoms with Gasteiger partial charge in [0.25, 0.3) is 0 Å². The number of hydrogen-bond acceptors (Lipinski definition) is 4. The second-order valence-corrected chi connectivity index (χ2v) is 8.86. The lowest BCUT2D eigenvalue weighted by Crippen LogP contribution is -2.54. The van der Waals surface area contributed by atoms with Crippen molar-refractivity contribution in [3.8, 4) is 5.75 Å². The number of benzene rings is 1. The van der Waals surface area contributed by atoms with Crippen molar-refractivity contribution in [3.05, 3.63) is 29.8 Å². The second-order valence-electron chi connectivity index (χ2n) is 8.86. The molecule has 0 bridgehead atoms. The van der Waals surface area contributed by atoms with E-state index in [1.165, 1.54) is 18.4 Å². The summed E-state index contributed by atoms with van der Waals surface area (Å²) in [5, 5.41) is 3.59. The Balaban J connectivity index is 1.24. The maximum atomic E-state index is 12.7. The summed E-state index contributed by atoms with van der Waals surface area (Å²) in [7, 11) is 1.86. The Labute approximate surface area is 186 Å². The molecule has 1 aromatic rings. The van der Waals surface area contributed by atoms with Gasteiger partial charge in [-0.1, -0.05) is 31.0 Å². The van der Waals surface area contributed by atoms with E-state index in [-0.39, 0.29) is 0 Å². The molecule has 1 N–H and O–H groups in total. The van der Waals surface area contributed by atoms with E-state index in [2.05, 4.69) is 43.2 Å². The first kappa shape index (κ1) is 21.9. The first-order chi connectivity index (χ1) is 15.2. The Kier molecular flexibility index (Phi) is 7.67. The van der Waals surface area contributed by atoms with Gasteiger partial charge in [0.15, 0.2) is 5.96 Å². The third-order valence-electron chi connectivity index (χ3n) is 6.79. The van der Waals surface area contributed by atoms with Crippen molar-refractivity contribution in [1.82, 2.24) is 20.0 Å². The molecule has 1 amide bonds. The highest BCUT2D eigenvalue weighted by Crippen LogP contribution is 2.32. The van der Waals surface area contributed by atoms with Gasteiger partial charge in [-0.15, -0.1) is 0 Å². The third-order valence-corrected chi connectivity index (χ3v) is 6.79. The zero-order chi connectivity index (χ0) is 21.5. The molecule has 170 valence electrons. The predicted molar refractivity (Wildman–Crippen MR) is 124 cm³/mol. The summed E-state index contributed by atoms with van der Waals surface area (Å²) in [6.45, 7) is 7.66. The van der Waals surface area contributed by atoms with Gasteiger partial charge < -0.3 is 19.9 Å². The molecule has 31 heavy (non-hydrogen) atoms. The third kappa shape index (κ3) is 5.70. The van der Waals surface area contributed by atoms with Crippen LogP contribution in [0.3, 0.4) is 0 Å². The minimum absolute atomic E-state index is 0.302. The Bertz CT molecular complexity index is 752. The molecule has 1 unspecified atom stereocenters. The van der Waals surface area contributed by atoms with Gasteiger partial charge in [-0.2, -0.15) is 0 Å². The van der Waals surface area contributed by atoms with E-state index in [9.17, 15) is 4.79 Å². The predicted octanol–water partition coefficient (Wildman–Crippen LogP) is 2.15. The van der Waals surface area contributed by atoms with Gasteiger partial charge in [0.2, 0.25) is 5.91 Å². The molecule has 7 nitrogen and oxygen atoms in total. The number of para-hydroxylation sites is 1. The molecule has 2 fully saturated rings. The molecule has 3 aliphatic rings. The molecule has 0 aliphatic carbocycles. The monoisotopic (exact) mass is 427 g/mol. The van der Waals surface area contributed by atoms with Crippen molar-refractivity contribution >= 4 is 11.9 Å². The first-order valence-electron chi connectivity index (χ1n) is 11.9. The summed E-state index contributed by atoms with van der Waals surface area (Å²) in [6, 6.07) is 8.35. The van der Waals surface area contributed by atoms with Crippen LogP contribution >= 0.6 is 0 Å². The number of likely N-dealkylation sites (tertiary alicyclic amines) is 1. The summed E-state index contributed by atoms with van der Waals surface area (Å²) in [4.78, 5) is 23.9. The minimum Gasteiger partial charge on any atom is -0.493 e. The highest BCUT2D eigenvalue weighted by atomic mass is 16.5. The molecular formula is C24H37N5O2. The van der Waals surface area contributed by atoms with Crippen LogP contribution in [0.15, 0.2) is 29.3 Å². The maximum absolute atomic E-state index is 12.7. The zero-order valence-corrected chi connectivity index (χ0v) is 18.9. The lowest BCUT2D eigenvalue weighted by molar-refractivity contribution is -0.132. The largest absolute Gasteiger partial charge is 0.493 e. The standard InChI is InChI=1S/C24H37N5O2/c1-25-24(26-18-20-10-17-31-22-9-5-4-8-21(20)22)29-15-13-27(14-16-29)19-23(30)28-11-6-2-3-7-12-28/h4-5,8-9,20H,2-3,6-7,10-19H2,1H3,(H,25,26). The van der Waals surface area contributed by atoms with Crippen molar-refractivity contribution in [2.75, 3.05) is 66.0 Å². The number of piperazine rings is 1. The van der Waals surface area contributed by atoms with Gasteiger partial charge in [-0.05, 0) is 30.9 Å². The van der Waals surface area contributed by atoms with Crippen molar-refractivity contribution in [3.63, 3.8) is 0 Å². The molecule has 1 atom stereocenters. The van der Waals surface area contributed by atoms with Gasteiger partial charge in [0.05, 0.1) is 13.2 Å². The average molecular weight is 428 g/mol. The van der Waals surface area contributed by atoms with Crippen LogP contribution in [0.2, 0.25) is 0 Å². The van der Waals surface area contributed by atoms with Gasteiger partial charge in [-0.25, -0.2) is 0 Å². The molecule has 0 saturated carbocycles. The van der Waals surface area contributed by atoms with E-state index in [0.29, 0.717) is 18.4 Å². The van der Waals surface area contributed by atoms with Crippen LogP contribution in [0, 0.1) is 0 Å². The number of ether oxygens (including phenoxy) is 1. The number of fused-ring (bicyclic) bond motifs is 1. The molecule has 3 aliphatic heterocycles. The van der Waals surface area contributed by atoms with Crippen LogP contribution in [0.5, 0.6) is 5.75 Å². The SMILES string of the molecule is CN=C(NCC1CCOc2ccccc21)N1CCN(CC(=O)N2CCCCCC2)CC1. The number of nitrogens with zero attached hydrogens (tertiary/aromatic N) is 4. The van der Waals surface area contributed by atoms with Crippen LogP contribution in [0.4, 0.5) is 0 Å². The number of amides is 1. The number of carbonyl (C=O) groups is 1. The Hall–Kier alpha value is -2.28. The van der Waals surface area contributed by atoms with Crippen LogP contribution in [0.1, 0.15) is 43.6 Å². The lowest BCUT2D eigenvalue weighted by Gasteiger charge is -2.37. The van der Waals surface area contributed by atoms with Crippen molar-refractivity contribution in [2.45, 2.75) is 38.0 Å². The minimum atomic E-state index is 0.302. The molecular weight excluding hydrogens is 390 g/mol. The normalized spacial score (nSPS) is 23.0. The van der Waals surface area contributed by atoms with E-state index in [4.69, 9.17) is 4.74 Å². The lowest BCUT2D eigenvalue weighted by atomic mass is 9.93. The van der Waals surface area contributed by atoms with E-state index in [1.54, 1.807) is 0 Å². The number of carbonyl (C=O) groups excluding carboxylic acids is 1. The molecule has 0 spiro atoms. The quantitative estimate of drug-likeness (QED) is 0.589. The Morgan fingerprint density at radius 3 is 2.52 bits per heavy atom. The molecule has 1 aromatic carbocycles. The molecule has 0 radical (unpaired) electrons. The fraction of sp³-hybridized carbons (Fsp3) is 0.667. The smallest absolute Gasteiger partial charge is 0.236 e. The highest BCUT2D eigenvalue weighted by Gasteiger charge is 2.25. The molecule has 3 heterocycles. The topological polar surface area (TPSA) is 60.4 Å². The zero-order valence-electron chi connectivity index (χ0n) is 18.9. The summed E-state index contributed by atoms with van der Waals surface area (Å²) in [6.07, 6.45) is 5.84. The number of hydrogen-bond donors (Lipinski definition) is 1. The summed E-state index contributed by atoms with van der Waals surface area (Å²) in [5.41, 5.74) is 1.29. The molecule has 4 rings (SSSR count). The fourth-order valence-corrected chi connectivity index (χ4v) is 4.90. The van der Waals surface area contributed by atoms with Gasteiger partial charge >= 0.3 is 0 Å². The van der Waals surface area contributed by atoms with Crippen LogP contribution in [-0.4, -0.2) is 92.6 Å². The first-order valence-corrected chi connectivity index (χ1v) is 11.9. The fourth-order valence-electron chi connectivity index (χ4n) is 4.90. The van der Waals surface area contributed by atoms with Crippen molar-refractivity contribution < 1.29 is 9.53 Å². The van der Waals surface area contributed by atoms with Gasteiger partial charge in [0, 0.05) is 58.8 Å². The van der Waals surface area contributed by atoms with Crippen LogP contribution in [0.25, 0.3) is 0 Å².